The number of aromatic nitrogens is 3. The molecule has 1 aliphatic heterocycles. The zero-order chi connectivity index (χ0) is 22.9. The normalized spacial score (nSPS) is 15.8. The van der Waals surface area contributed by atoms with Crippen LogP contribution in [0.15, 0.2) is 59.4 Å². The van der Waals surface area contributed by atoms with E-state index in [4.69, 9.17) is 0 Å². The van der Waals surface area contributed by atoms with E-state index in [-0.39, 0.29) is 55.4 Å². The summed E-state index contributed by atoms with van der Waals surface area (Å²) in [6.45, 7) is 0.485. The number of nitrogens with zero attached hydrogens (tertiary/aromatic N) is 4. The van der Waals surface area contributed by atoms with Gasteiger partial charge in [0.15, 0.2) is 5.82 Å². The van der Waals surface area contributed by atoms with E-state index in [1.807, 2.05) is 30.3 Å². The van der Waals surface area contributed by atoms with E-state index in [1.54, 1.807) is 28.8 Å². The number of imide groups is 1. The Kier molecular flexibility index (Phi) is 5.37. The van der Waals surface area contributed by atoms with Crippen LogP contribution in [0.3, 0.4) is 0 Å². The zero-order valence-electron chi connectivity index (χ0n) is 17.9. The average Bonchev–Trinajstić information content (AvgIpc) is 3.54. The number of anilines is 1. The minimum absolute atomic E-state index is 0.171. The highest BCUT2D eigenvalue weighted by atomic mass is 16.2. The Morgan fingerprint density at radius 1 is 0.939 bits per heavy atom. The third kappa shape index (κ3) is 4.09. The number of carbonyl (C=O) groups excluding carboxylic acids is 3. The molecule has 1 saturated carbocycles. The highest BCUT2D eigenvalue weighted by molar-refractivity contribution is 6.19. The Morgan fingerprint density at radius 2 is 1.61 bits per heavy atom. The lowest BCUT2D eigenvalue weighted by atomic mass is 10.2. The second kappa shape index (κ2) is 8.50. The third-order valence-electron chi connectivity index (χ3n) is 5.86. The highest BCUT2D eigenvalue weighted by Gasteiger charge is 2.31. The molecule has 1 aromatic heterocycles. The Balaban J connectivity index is 1.25. The molecule has 9 nitrogen and oxygen atoms in total. The van der Waals surface area contributed by atoms with Gasteiger partial charge in [0.1, 0.15) is 0 Å². The van der Waals surface area contributed by atoms with Crippen LogP contribution in [-0.2, 0) is 16.1 Å². The van der Waals surface area contributed by atoms with Gasteiger partial charge in [-0.3, -0.25) is 23.9 Å². The first-order chi connectivity index (χ1) is 16.0. The van der Waals surface area contributed by atoms with Gasteiger partial charge in [0.25, 0.3) is 5.91 Å². The molecule has 3 amide bonds. The topological polar surface area (TPSA) is 106 Å². The predicted molar refractivity (Wildman–Crippen MR) is 121 cm³/mol. The van der Waals surface area contributed by atoms with Gasteiger partial charge in [-0.15, -0.1) is 5.10 Å². The van der Waals surface area contributed by atoms with Crippen LogP contribution in [0.25, 0.3) is 11.4 Å². The van der Waals surface area contributed by atoms with E-state index in [2.05, 4.69) is 10.4 Å². The molecule has 5 rings (SSSR count). The summed E-state index contributed by atoms with van der Waals surface area (Å²) < 4.78 is 3.14. The van der Waals surface area contributed by atoms with E-state index >= 15 is 0 Å². The number of hydrogen-bond donors (Lipinski definition) is 1. The fourth-order valence-corrected chi connectivity index (χ4v) is 4.02. The minimum atomic E-state index is -0.307. The standard InChI is InChI=1S/C24H23N5O4/c30-20-12-13-21(31)28(20)18-8-6-17(7-9-18)23(32)25-14-15-27-24(33)29(19-10-11-19)22(26-27)16-4-2-1-3-5-16/h1-9,19H,10-15H2,(H,25,32). The molecule has 1 aliphatic carbocycles. The Hall–Kier alpha value is -4.01. The molecule has 0 unspecified atom stereocenters. The summed E-state index contributed by atoms with van der Waals surface area (Å²) in [5.41, 5.74) is 1.58. The molecule has 2 aromatic carbocycles. The molecule has 33 heavy (non-hydrogen) atoms. The van der Waals surface area contributed by atoms with Crippen LogP contribution in [0.2, 0.25) is 0 Å². The van der Waals surface area contributed by atoms with Gasteiger partial charge < -0.3 is 5.32 Å². The molecule has 0 radical (unpaired) electrons. The second-order valence-electron chi connectivity index (χ2n) is 8.22. The second-order valence-corrected chi connectivity index (χ2v) is 8.22. The molecule has 0 bridgehead atoms. The van der Waals surface area contributed by atoms with Crippen molar-refractivity contribution < 1.29 is 14.4 Å². The molecule has 9 heteroatoms. The third-order valence-corrected chi connectivity index (χ3v) is 5.86. The van der Waals surface area contributed by atoms with Crippen molar-refractivity contribution in [3.63, 3.8) is 0 Å². The van der Waals surface area contributed by atoms with Crippen LogP contribution in [0.1, 0.15) is 42.1 Å². The lowest BCUT2D eigenvalue weighted by Crippen LogP contribution is -2.32. The van der Waals surface area contributed by atoms with Crippen LogP contribution in [0.5, 0.6) is 0 Å². The van der Waals surface area contributed by atoms with Gasteiger partial charge in [0.05, 0.1) is 12.2 Å². The van der Waals surface area contributed by atoms with Crippen LogP contribution < -0.4 is 15.9 Å². The maximum absolute atomic E-state index is 12.9. The molecule has 0 atom stereocenters. The van der Waals surface area contributed by atoms with Crippen molar-refractivity contribution in [1.82, 2.24) is 19.7 Å². The Morgan fingerprint density at radius 3 is 2.24 bits per heavy atom. The summed E-state index contributed by atoms with van der Waals surface area (Å²) in [5, 5.41) is 7.33. The number of benzene rings is 2. The minimum Gasteiger partial charge on any atom is -0.350 e. The van der Waals surface area contributed by atoms with Crippen molar-refractivity contribution in [3.8, 4) is 11.4 Å². The molecular weight excluding hydrogens is 422 g/mol. The number of carbonyl (C=O) groups is 3. The van der Waals surface area contributed by atoms with Gasteiger partial charge in [-0.2, -0.15) is 0 Å². The van der Waals surface area contributed by atoms with Crippen molar-refractivity contribution in [2.24, 2.45) is 0 Å². The SMILES string of the molecule is O=C(NCCn1nc(-c2ccccc2)n(C2CC2)c1=O)c1ccc(N2C(=O)CCC2=O)cc1. The fourth-order valence-electron chi connectivity index (χ4n) is 4.02. The molecule has 0 spiro atoms. The van der Waals surface area contributed by atoms with Crippen molar-refractivity contribution in [2.45, 2.75) is 38.3 Å². The average molecular weight is 445 g/mol. The summed E-state index contributed by atoms with van der Waals surface area (Å²) >= 11 is 0. The Labute approximate surface area is 189 Å². The van der Waals surface area contributed by atoms with E-state index in [0.29, 0.717) is 17.1 Å². The van der Waals surface area contributed by atoms with E-state index in [1.165, 1.54) is 4.68 Å². The van der Waals surface area contributed by atoms with Crippen LogP contribution >= 0.6 is 0 Å². The quantitative estimate of drug-likeness (QED) is 0.561. The van der Waals surface area contributed by atoms with Gasteiger partial charge in [-0.05, 0) is 37.1 Å². The lowest BCUT2D eigenvalue weighted by Gasteiger charge is -2.14. The van der Waals surface area contributed by atoms with Gasteiger partial charge in [-0.1, -0.05) is 30.3 Å². The number of nitrogens with one attached hydrogen (secondary N) is 1. The summed E-state index contributed by atoms with van der Waals surface area (Å²) in [5.74, 6) is -0.124. The molecular formula is C24H23N5O4. The molecule has 2 fully saturated rings. The first kappa shape index (κ1) is 20.9. The molecule has 2 heterocycles. The fraction of sp³-hybridized carbons (Fsp3) is 0.292. The molecule has 1 saturated heterocycles. The van der Waals surface area contributed by atoms with Gasteiger partial charge in [-0.25, -0.2) is 9.48 Å². The zero-order valence-corrected chi connectivity index (χ0v) is 17.9. The van der Waals surface area contributed by atoms with Gasteiger partial charge in [0.2, 0.25) is 11.8 Å². The van der Waals surface area contributed by atoms with Crippen molar-refractivity contribution >= 4 is 23.4 Å². The summed E-state index contributed by atoms with van der Waals surface area (Å²) in [6.07, 6.45) is 2.35. The summed E-state index contributed by atoms with van der Waals surface area (Å²) in [7, 11) is 0. The summed E-state index contributed by atoms with van der Waals surface area (Å²) in [4.78, 5) is 50.3. The van der Waals surface area contributed by atoms with Gasteiger partial charge >= 0.3 is 5.69 Å². The molecule has 2 aliphatic rings. The predicted octanol–water partition coefficient (Wildman–Crippen LogP) is 2.13. The first-order valence-corrected chi connectivity index (χ1v) is 11.0. The van der Waals surface area contributed by atoms with E-state index < -0.39 is 0 Å². The monoisotopic (exact) mass is 445 g/mol. The lowest BCUT2D eigenvalue weighted by molar-refractivity contribution is -0.121. The van der Waals surface area contributed by atoms with Crippen LogP contribution in [-0.4, -0.2) is 38.6 Å². The molecule has 1 N–H and O–H groups in total. The summed E-state index contributed by atoms with van der Waals surface area (Å²) in [6, 6.07) is 16.1. The smallest absolute Gasteiger partial charge is 0.346 e. The first-order valence-electron chi connectivity index (χ1n) is 11.0. The largest absolute Gasteiger partial charge is 0.350 e. The highest BCUT2D eigenvalue weighted by Crippen LogP contribution is 2.36. The molecule has 168 valence electrons. The maximum atomic E-state index is 12.9. The van der Waals surface area contributed by atoms with E-state index in [0.717, 1.165) is 23.3 Å². The van der Waals surface area contributed by atoms with Crippen LogP contribution in [0.4, 0.5) is 5.69 Å². The van der Waals surface area contributed by atoms with E-state index in [9.17, 15) is 19.2 Å². The maximum Gasteiger partial charge on any atom is 0.346 e. The van der Waals surface area contributed by atoms with Crippen LogP contribution in [0, 0.1) is 0 Å². The van der Waals surface area contributed by atoms with Crippen molar-refractivity contribution in [3.05, 3.63) is 70.6 Å². The Bertz CT molecular complexity index is 1260. The van der Waals surface area contributed by atoms with Crippen molar-refractivity contribution in [1.29, 1.82) is 0 Å². The number of rotatable bonds is 7. The molecule has 3 aromatic rings. The number of amides is 3. The number of hydrogen-bond acceptors (Lipinski definition) is 5. The van der Waals surface area contributed by atoms with Gasteiger partial charge in [0, 0.05) is 36.6 Å². The van der Waals surface area contributed by atoms with Crippen molar-refractivity contribution in [2.75, 3.05) is 11.4 Å².